The summed E-state index contributed by atoms with van der Waals surface area (Å²) in [6.45, 7) is 6.81. The van der Waals surface area contributed by atoms with Crippen molar-refractivity contribution in [1.82, 2.24) is 10.2 Å². The smallest absolute Gasteiger partial charge is 0.251 e. The molecule has 12 heteroatoms. The molecule has 4 N–H and O–H groups in total. The fraction of sp³-hybridized carbons (Fsp3) is 0.308. The van der Waals surface area contributed by atoms with Crippen molar-refractivity contribution in [2.45, 2.75) is 33.3 Å². The second-order valence-corrected chi connectivity index (χ2v) is 11.1. The lowest BCUT2D eigenvalue weighted by atomic mass is 10.2. The molecule has 2 aromatic carbocycles. The van der Waals surface area contributed by atoms with E-state index in [1.165, 1.54) is 29.2 Å². The van der Waals surface area contributed by atoms with Gasteiger partial charge in [0.1, 0.15) is 16.6 Å². The molecule has 38 heavy (non-hydrogen) atoms. The number of hydrogen-bond donors (Lipinski definition) is 4. The molecule has 1 saturated heterocycles. The van der Waals surface area contributed by atoms with Crippen molar-refractivity contribution in [3.63, 3.8) is 0 Å². The zero-order valence-electron chi connectivity index (χ0n) is 21.6. The molecule has 0 amide bonds. The highest BCUT2D eigenvalue weighted by atomic mass is 32.1. The normalized spacial score (nSPS) is 13.3. The van der Waals surface area contributed by atoms with Crippen LogP contribution in [0.25, 0.3) is 0 Å². The summed E-state index contributed by atoms with van der Waals surface area (Å²) >= 11 is 3.14. The van der Waals surface area contributed by atoms with E-state index in [1.807, 2.05) is 37.3 Å². The predicted molar refractivity (Wildman–Crippen MR) is 157 cm³/mol. The highest BCUT2D eigenvalue weighted by Gasteiger charge is 2.14. The molecule has 3 heterocycles. The van der Waals surface area contributed by atoms with Crippen LogP contribution in [0, 0.1) is 13.8 Å². The first-order valence-electron chi connectivity index (χ1n) is 12.4. The Kier molecular flexibility index (Phi) is 8.31. The van der Waals surface area contributed by atoms with Crippen LogP contribution in [0.1, 0.15) is 29.0 Å². The number of nitrogens with zero attached hydrogens (tertiary/aromatic N) is 5. The Labute approximate surface area is 230 Å². The summed E-state index contributed by atoms with van der Waals surface area (Å²) in [6, 6.07) is 16.4. The van der Waals surface area contributed by atoms with Crippen LogP contribution in [-0.2, 0) is 11.3 Å². The van der Waals surface area contributed by atoms with Gasteiger partial charge in [-0.25, -0.2) is 0 Å². The number of methoxy groups -OCH3 is 1. The minimum Gasteiger partial charge on any atom is -0.377 e. The van der Waals surface area contributed by atoms with E-state index in [0.717, 1.165) is 57.0 Å². The van der Waals surface area contributed by atoms with Crippen molar-refractivity contribution in [2.75, 3.05) is 46.8 Å². The molecular weight excluding hydrogens is 518 g/mol. The van der Waals surface area contributed by atoms with E-state index in [0.29, 0.717) is 11.7 Å². The lowest BCUT2D eigenvalue weighted by Gasteiger charge is -2.15. The molecule has 0 unspecified atom stereocenters. The van der Waals surface area contributed by atoms with E-state index >= 15 is 0 Å². The maximum absolute atomic E-state index is 5.06. The van der Waals surface area contributed by atoms with E-state index in [2.05, 4.69) is 72.2 Å². The summed E-state index contributed by atoms with van der Waals surface area (Å²) in [5.74, 6) is 0. The Bertz CT molecular complexity index is 1400. The Balaban J connectivity index is 1.13. The van der Waals surface area contributed by atoms with Crippen molar-refractivity contribution in [1.29, 1.82) is 0 Å². The average molecular weight is 550 g/mol. The highest BCUT2D eigenvalue weighted by Crippen LogP contribution is 2.32. The lowest BCUT2D eigenvalue weighted by Crippen LogP contribution is -2.15. The molecule has 0 spiro atoms. The summed E-state index contributed by atoms with van der Waals surface area (Å²) in [7, 11) is 1.62. The molecule has 0 aliphatic carbocycles. The van der Waals surface area contributed by atoms with Gasteiger partial charge in [-0.1, -0.05) is 22.7 Å². The van der Waals surface area contributed by atoms with Crippen molar-refractivity contribution < 1.29 is 4.74 Å². The SMILES string of the molecule is COCc1nnc(/N=N/c2ccc(NNc3ccc(NNc4ccc(N5CCCC5)s4)cc3C)cc2C)s1. The van der Waals surface area contributed by atoms with Crippen LogP contribution in [0.5, 0.6) is 0 Å². The van der Waals surface area contributed by atoms with Gasteiger partial charge < -0.3 is 25.9 Å². The molecule has 1 aliphatic rings. The van der Waals surface area contributed by atoms with Crippen LogP contribution in [0.4, 0.5) is 37.9 Å². The largest absolute Gasteiger partial charge is 0.377 e. The van der Waals surface area contributed by atoms with Crippen molar-refractivity contribution in [3.05, 3.63) is 64.7 Å². The van der Waals surface area contributed by atoms with E-state index in [9.17, 15) is 0 Å². The maximum Gasteiger partial charge on any atom is 0.251 e. The number of aryl methyl sites for hydroxylation is 2. The molecule has 1 aliphatic heterocycles. The summed E-state index contributed by atoms with van der Waals surface area (Å²) in [6.07, 6.45) is 2.57. The van der Waals surface area contributed by atoms with Crippen LogP contribution in [0.3, 0.4) is 0 Å². The maximum atomic E-state index is 5.06. The van der Waals surface area contributed by atoms with Gasteiger partial charge in [-0.05, 0) is 86.3 Å². The molecule has 0 saturated carbocycles. The number of ether oxygens (including phenoxy) is 1. The van der Waals surface area contributed by atoms with Gasteiger partial charge in [-0.15, -0.1) is 20.4 Å². The number of anilines is 5. The van der Waals surface area contributed by atoms with Gasteiger partial charge >= 0.3 is 0 Å². The number of benzene rings is 2. The number of aromatic nitrogens is 2. The number of azo groups is 1. The monoisotopic (exact) mass is 549 g/mol. The molecule has 2 aromatic heterocycles. The van der Waals surface area contributed by atoms with E-state index in [-0.39, 0.29) is 0 Å². The Hall–Kier alpha value is -3.74. The van der Waals surface area contributed by atoms with Crippen molar-refractivity contribution >= 4 is 60.6 Å². The van der Waals surface area contributed by atoms with Gasteiger partial charge in [-0.3, -0.25) is 5.43 Å². The number of nitrogens with one attached hydrogen (secondary N) is 4. The molecular formula is C26H31N9OS2. The minimum atomic E-state index is 0.421. The standard InChI is InChI=1S/C26H31N9OS2/c1-17-15-20(28-31-23-10-11-25(37-23)35-12-4-5-13-35)7-8-21(17)29-27-19-6-9-22(18(2)14-19)30-33-26-34-32-24(38-26)16-36-3/h6-11,14-15,27-29,31H,4-5,12-13,16H2,1-3H3/b33-30+. The number of rotatable bonds is 11. The minimum absolute atomic E-state index is 0.421. The second kappa shape index (κ2) is 12.2. The predicted octanol–water partition coefficient (Wildman–Crippen LogP) is 7.26. The lowest BCUT2D eigenvalue weighted by molar-refractivity contribution is 0.184. The third-order valence-electron chi connectivity index (χ3n) is 6.07. The average Bonchev–Trinajstić information content (AvgIpc) is 3.69. The van der Waals surface area contributed by atoms with Crippen LogP contribution < -0.4 is 26.6 Å². The molecule has 1 fully saturated rings. The van der Waals surface area contributed by atoms with Gasteiger partial charge in [-0.2, -0.15) is 0 Å². The molecule has 198 valence electrons. The third kappa shape index (κ3) is 6.57. The molecule has 0 bridgehead atoms. The number of thiophene rings is 1. The van der Waals surface area contributed by atoms with Crippen molar-refractivity contribution in [3.8, 4) is 0 Å². The van der Waals surface area contributed by atoms with Gasteiger partial charge in [0.25, 0.3) is 5.13 Å². The molecule has 4 aromatic rings. The summed E-state index contributed by atoms with van der Waals surface area (Å²) in [5, 5.41) is 20.3. The Morgan fingerprint density at radius 2 is 1.61 bits per heavy atom. The van der Waals surface area contributed by atoms with Crippen LogP contribution >= 0.6 is 22.7 Å². The molecule has 0 radical (unpaired) electrons. The number of hydrazine groups is 2. The van der Waals surface area contributed by atoms with Crippen LogP contribution in [0.2, 0.25) is 0 Å². The van der Waals surface area contributed by atoms with Gasteiger partial charge in [0.05, 0.1) is 27.8 Å². The van der Waals surface area contributed by atoms with Gasteiger partial charge in [0.15, 0.2) is 0 Å². The quantitative estimate of drug-likeness (QED) is 0.114. The van der Waals surface area contributed by atoms with E-state index < -0.39 is 0 Å². The van der Waals surface area contributed by atoms with Gasteiger partial charge in [0, 0.05) is 20.2 Å². The first kappa shape index (κ1) is 25.9. The fourth-order valence-electron chi connectivity index (χ4n) is 4.07. The van der Waals surface area contributed by atoms with Crippen LogP contribution in [0.15, 0.2) is 58.8 Å². The Morgan fingerprint density at radius 3 is 2.37 bits per heavy atom. The zero-order chi connectivity index (χ0) is 26.3. The first-order valence-corrected chi connectivity index (χ1v) is 14.0. The molecule has 5 rings (SSSR count). The first-order chi connectivity index (χ1) is 18.6. The third-order valence-corrected chi connectivity index (χ3v) is 7.91. The summed E-state index contributed by atoms with van der Waals surface area (Å²) < 4.78 is 5.06. The summed E-state index contributed by atoms with van der Waals surface area (Å²) in [5.41, 5.74) is 19.0. The molecule has 0 atom stereocenters. The fourth-order valence-corrected chi connectivity index (χ4v) is 5.61. The molecule has 10 nitrogen and oxygen atoms in total. The van der Waals surface area contributed by atoms with Crippen LogP contribution in [-0.4, -0.2) is 30.4 Å². The van der Waals surface area contributed by atoms with Crippen molar-refractivity contribution in [2.24, 2.45) is 10.2 Å². The highest BCUT2D eigenvalue weighted by molar-refractivity contribution is 7.20. The van der Waals surface area contributed by atoms with E-state index in [1.54, 1.807) is 18.4 Å². The summed E-state index contributed by atoms with van der Waals surface area (Å²) in [4.78, 5) is 2.45. The second-order valence-electron chi connectivity index (χ2n) is 8.97. The number of hydrogen-bond acceptors (Lipinski definition) is 12. The van der Waals surface area contributed by atoms with Gasteiger partial charge in [0.2, 0.25) is 0 Å². The van der Waals surface area contributed by atoms with E-state index in [4.69, 9.17) is 4.74 Å². The topological polar surface area (TPSA) is 111 Å². The Morgan fingerprint density at radius 1 is 0.842 bits per heavy atom. The zero-order valence-corrected chi connectivity index (χ0v) is 23.2.